The number of hydrogen-bond donors (Lipinski definition) is 4. The number of hydrogen-bond acceptors (Lipinski definition) is 6. The number of aromatic amines is 3. The third-order valence-corrected chi connectivity index (χ3v) is 6.12. The van der Waals surface area contributed by atoms with Crippen molar-refractivity contribution in [2.45, 2.75) is 0 Å². The minimum atomic E-state index is 0.531. The van der Waals surface area contributed by atoms with E-state index in [-0.39, 0.29) is 0 Å². The number of aromatic nitrogens is 7. The van der Waals surface area contributed by atoms with Crippen LogP contribution in [0.1, 0.15) is 11.4 Å². The normalized spacial score (nSPS) is 11.5. The lowest BCUT2D eigenvalue weighted by Gasteiger charge is -2.02. The highest BCUT2D eigenvalue weighted by Gasteiger charge is 2.10. The number of H-pyrrole nitrogens is 3. The first-order valence-electron chi connectivity index (χ1n) is 11.9. The van der Waals surface area contributed by atoms with Gasteiger partial charge in [-0.15, -0.1) is 0 Å². The fraction of sp³-hybridized carbons (Fsp3) is 0. The first-order chi connectivity index (χ1) is 18.7. The van der Waals surface area contributed by atoms with Gasteiger partial charge in [-0.1, -0.05) is 25.3 Å². The standard InChI is InChI=1S/C29H23N9/c1-3-24-20(7-5-9-31-24)18-11-26(33-13-18)37-28-22-15-30-16-23(22)29(36-17-35-28)38-27-12-19(14-34-27)21-8-6-10-32-25(21)4-2/h3-17,30,33-34H,1-2H2,(H,35,36,37,38). The highest BCUT2D eigenvalue weighted by Crippen LogP contribution is 2.29. The van der Waals surface area contributed by atoms with Gasteiger partial charge < -0.3 is 20.3 Å². The van der Waals surface area contributed by atoms with Gasteiger partial charge in [-0.05, 0) is 36.4 Å². The molecule has 0 bridgehead atoms. The fourth-order valence-electron chi connectivity index (χ4n) is 4.33. The van der Waals surface area contributed by atoms with Crippen LogP contribution in [0.3, 0.4) is 0 Å². The van der Waals surface area contributed by atoms with Crippen LogP contribution in [0.5, 0.6) is 0 Å². The molecule has 0 radical (unpaired) electrons. The Bertz CT molecular complexity index is 1860. The predicted molar refractivity (Wildman–Crippen MR) is 151 cm³/mol. The molecule has 0 amide bonds. The molecule has 38 heavy (non-hydrogen) atoms. The van der Waals surface area contributed by atoms with Crippen molar-refractivity contribution >= 4 is 40.4 Å². The van der Waals surface area contributed by atoms with E-state index >= 15 is 0 Å². The quantitative estimate of drug-likeness (QED) is 0.215. The Morgan fingerprint density at radius 1 is 0.763 bits per heavy atom. The molecular weight excluding hydrogens is 474 g/mol. The highest BCUT2D eigenvalue weighted by atomic mass is 15.1. The summed E-state index contributed by atoms with van der Waals surface area (Å²) < 4.78 is 0. The maximum Gasteiger partial charge on any atom is 0.165 e. The van der Waals surface area contributed by atoms with Gasteiger partial charge in [0.05, 0.1) is 11.4 Å². The average Bonchev–Trinajstić information content (AvgIpc) is 3.71. The second kappa shape index (κ2) is 9.82. The Hall–Kier alpha value is -5.57. The van der Waals surface area contributed by atoms with Crippen LogP contribution in [-0.2, 0) is 0 Å². The van der Waals surface area contributed by atoms with E-state index in [9.17, 15) is 0 Å². The van der Waals surface area contributed by atoms with E-state index in [4.69, 9.17) is 4.99 Å². The summed E-state index contributed by atoms with van der Waals surface area (Å²) in [6, 6.07) is 11.8. The summed E-state index contributed by atoms with van der Waals surface area (Å²) in [6.07, 6.45) is 16.0. The zero-order valence-corrected chi connectivity index (χ0v) is 20.3. The highest BCUT2D eigenvalue weighted by molar-refractivity contribution is 5.92. The van der Waals surface area contributed by atoms with E-state index in [1.54, 1.807) is 24.5 Å². The molecule has 0 aromatic carbocycles. The maximum absolute atomic E-state index is 4.77. The van der Waals surface area contributed by atoms with E-state index in [0.29, 0.717) is 17.1 Å². The lowest BCUT2D eigenvalue weighted by Crippen LogP contribution is -2.03. The van der Waals surface area contributed by atoms with Crippen molar-refractivity contribution in [1.82, 2.24) is 34.9 Å². The molecule has 0 fully saturated rings. The van der Waals surface area contributed by atoms with Gasteiger partial charge in [0.2, 0.25) is 0 Å². The minimum absolute atomic E-state index is 0.531. The van der Waals surface area contributed by atoms with Crippen LogP contribution in [0.2, 0.25) is 0 Å². The molecule has 6 aromatic rings. The molecule has 0 aliphatic carbocycles. The molecule has 0 spiro atoms. The Balaban J connectivity index is 1.35. The van der Waals surface area contributed by atoms with Crippen LogP contribution < -0.4 is 10.8 Å². The lowest BCUT2D eigenvalue weighted by atomic mass is 10.1. The summed E-state index contributed by atoms with van der Waals surface area (Å²) in [4.78, 5) is 32.2. The number of nitrogens with one attached hydrogen (secondary N) is 4. The first kappa shape index (κ1) is 22.9. The summed E-state index contributed by atoms with van der Waals surface area (Å²) in [6.45, 7) is 7.72. The number of nitrogens with zero attached hydrogens (tertiary/aromatic N) is 5. The van der Waals surface area contributed by atoms with Gasteiger partial charge >= 0.3 is 0 Å². The topological polar surface area (TPSA) is 123 Å². The van der Waals surface area contributed by atoms with E-state index in [0.717, 1.165) is 50.2 Å². The Morgan fingerprint density at radius 2 is 1.45 bits per heavy atom. The molecule has 6 aromatic heterocycles. The Morgan fingerprint density at radius 3 is 2.18 bits per heavy atom. The van der Waals surface area contributed by atoms with E-state index in [2.05, 4.69) is 53.4 Å². The van der Waals surface area contributed by atoms with Gasteiger partial charge in [-0.2, -0.15) is 0 Å². The molecule has 4 N–H and O–H groups in total. The van der Waals surface area contributed by atoms with Gasteiger partial charge in [0.1, 0.15) is 23.8 Å². The zero-order chi connectivity index (χ0) is 25.9. The van der Waals surface area contributed by atoms with Crippen LogP contribution >= 0.6 is 0 Å². The zero-order valence-electron chi connectivity index (χ0n) is 20.3. The summed E-state index contributed by atoms with van der Waals surface area (Å²) in [5, 5.41) is 5.04. The minimum Gasteiger partial charge on any atom is -0.366 e. The van der Waals surface area contributed by atoms with Crippen molar-refractivity contribution in [3.8, 4) is 22.3 Å². The fourth-order valence-corrected chi connectivity index (χ4v) is 4.33. The number of fused-ring (bicyclic) bond motifs is 1. The SMILES string of the molecule is C=Cc1ncccc1-c1c[nH]c(/N=c2\ncnc(Nc3cc(-c4cccnc4C=C)c[nH]3)c3c[nH]cc23)c1. The van der Waals surface area contributed by atoms with Gasteiger partial charge in [0.25, 0.3) is 0 Å². The van der Waals surface area contributed by atoms with Crippen LogP contribution in [0.25, 0.3) is 45.2 Å². The molecule has 184 valence electrons. The van der Waals surface area contributed by atoms with Crippen molar-refractivity contribution in [2.24, 2.45) is 4.99 Å². The number of rotatable bonds is 7. The molecule has 0 unspecified atom stereocenters. The smallest absolute Gasteiger partial charge is 0.165 e. The largest absolute Gasteiger partial charge is 0.366 e. The second-order valence-corrected chi connectivity index (χ2v) is 8.42. The van der Waals surface area contributed by atoms with Crippen molar-refractivity contribution in [3.05, 3.63) is 110 Å². The van der Waals surface area contributed by atoms with Crippen LogP contribution in [-0.4, -0.2) is 34.9 Å². The molecule has 9 heteroatoms. The molecule has 6 rings (SSSR count). The van der Waals surface area contributed by atoms with E-state index in [1.807, 2.05) is 61.2 Å². The van der Waals surface area contributed by atoms with Crippen molar-refractivity contribution in [2.75, 3.05) is 5.32 Å². The number of anilines is 2. The summed E-state index contributed by atoms with van der Waals surface area (Å²) >= 11 is 0. The third-order valence-electron chi connectivity index (χ3n) is 6.12. The number of pyridine rings is 2. The second-order valence-electron chi connectivity index (χ2n) is 8.42. The molecule has 0 atom stereocenters. The van der Waals surface area contributed by atoms with Gasteiger partial charge in [-0.3, -0.25) is 9.97 Å². The maximum atomic E-state index is 4.77. The Labute approximate surface area is 217 Å². The third kappa shape index (κ3) is 4.28. The molecule has 0 aliphatic heterocycles. The van der Waals surface area contributed by atoms with Gasteiger partial charge in [0.15, 0.2) is 5.49 Å². The van der Waals surface area contributed by atoms with Crippen LogP contribution in [0.15, 0.2) is 98.1 Å². The molecule has 0 saturated heterocycles. The lowest BCUT2D eigenvalue weighted by molar-refractivity contribution is 1.12. The average molecular weight is 498 g/mol. The molecular formula is C29H23N9. The van der Waals surface area contributed by atoms with Gasteiger partial charge in [-0.25, -0.2) is 15.0 Å². The van der Waals surface area contributed by atoms with E-state index < -0.39 is 0 Å². The van der Waals surface area contributed by atoms with Crippen molar-refractivity contribution in [1.29, 1.82) is 0 Å². The predicted octanol–water partition coefficient (Wildman–Crippen LogP) is 6.00. The molecule has 0 aliphatic rings. The molecule has 9 nitrogen and oxygen atoms in total. The van der Waals surface area contributed by atoms with Crippen LogP contribution in [0.4, 0.5) is 17.5 Å². The molecule has 6 heterocycles. The van der Waals surface area contributed by atoms with Crippen molar-refractivity contribution < 1.29 is 0 Å². The van der Waals surface area contributed by atoms with Crippen molar-refractivity contribution in [3.63, 3.8) is 0 Å². The molecule has 0 saturated carbocycles. The van der Waals surface area contributed by atoms with Crippen LogP contribution in [0, 0.1) is 0 Å². The summed E-state index contributed by atoms with van der Waals surface area (Å²) in [5.41, 5.74) is 6.09. The van der Waals surface area contributed by atoms with E-state index in [1.165, 1.54) is 6.33 Å². The van der Waals surface area contributed by atoms with Gasteiger partial charge in [0, 0.05) is 70.2 Å². The monoisotopic (exact) mass is 497 g/mol. The summed E-state index contributed by atoms with van der Waals surface area (Å²) in [5.74, 6) is 2.08. The summed E-state index contributed by atoms with van der Waals surface area (Å²) in [7, 11) is 0. The first-order valence-corrected chi connectivity index (χ1v) is 11.9. The Kier molecular flexibility index (Phi) is 5.91.